The molecule has 19 heavy (non-hydrogen) atoms. The average Bonchev–Trinajstić information content (AvgIpc) is 2.36. The van der Waals surface area contributed by atoms with Crippen LogP contribution in [0, 0.1) is 12.8 Å². The van der Waals surface area contributed by atoms with Crippen LogP contribution < -0.4 is 5.73 Å². The smallest absolute Gasteiger partial charge is 0.257 e. The highest BCUT2D eigenvalue weighted by Crippen LogP contribution is 2.20. The number of phenolic OH excluding ortho intramolecular Hbond substituents is 1. The number of carbonyl (C=O) groups excluding carboxylic acids is 1. The number of phenols is 1. The molecular weight excluding hydrogens is 240 g/mol. The lowest BCUT2D eigenvalue weighted by molar-refractivity contribution is 0.0732. The molecule has 1 aromatic carbocycles. The van der Waals surface area contributed by atoms with E-state index in [0.29, 0.717) is 31.1 Å². The largest absolute Gasteiger partial charge is 0.507 e. The Hall–Kier alpha value is -1.55. The molecule has 0 saturated heterocycles. The monoisotopic (exact) mass is 264 g/mol. The second-order valence-corrected chi connectivity index (χ2v) is 5.31. The van der Waals surface area contributed by atoms with Crippen molar-refractivity contribution in [2.75, 3.05) is 19.6 Å². The number of aromatic hydroxyl groups is 1. The number of rotatable bonds is 6. The van der Waals surface area contributed by atoms with Gasteiger partial charge in [0, 0.05) is 13.1 Å². The lowest BCUT2D eigenvalue weighted by Gasteiger charge is -2.25. The summed E-state index contributed by atoms with van der Waals surface area (Å²) in [6.07, 6.45) is 0.769. The normalized spacial score (nSPS) is 10.8. The standard InChI is InChI=1S/C15H24N2O2/c1-11(2)10-17(8-4-7-16)15(19)13-9-12(3)5-6-14(13)18/h5-6,9,11,18H,4,7-8,10,16H2,1-3H3. The van der Waals surface area contributed by atoms with Gasteiger partial charge in [-0.25, -0.2) is 0 Å². The second kappa shape index (κ2) is 7.14. The highest BCUT2D eigenvalue weighted by atomic mass is 16.3. The van der Waals surface area contributed by atoms with E-state index in [2.05, 4.69) is 13.8 Å². The summed E-state index contributed by atoms with van der Waals surface area (Å²) in [5, 5.41) is 9.84. The van der Waals surface area contributed by atoms with E-state index in [9.17, 15) is 9.90 Å². The third-order valence-corrected chi connectivity index (χ3v) is 2.89. The van der Waals surface area contributed by atoms with Crippen LogP contribution in [0.1, 0.15) is 36.2 Å². The van der Waals surface area contributed by atoms with Crippen molar-refractivity contribution in [2.24, 2.45) is 11.7 Å². The zero-order valence-electron chi connectivity index (χ0n) is 12.0. The van der Waals surface area contributed by atoms with Crippen molar-refractivity contribution in [1.29, 1.82) is 0 Å². The molecule has 0 unspecified atom stereocenters. The molecule has 0 bridgehead atoms. The van der Waals surface area contributed by atoms with Crippen molar-refractivity contribution in [3.8, 4) is 5.75 Å². The maximum Gasteiger partial charge on any atom is 0.257 e. The van der Waals surface area contributed by atoms with Crippen LogP contribution in [0.3, 0.4) is 0 Å². The SMILES string of the molecule is Cc1ccc(O)c(C(=O)N(CCCN)CC(C)C)c1. The Kier molecular flexibility index (Phi) is 5.83. The number of carbonyl (C=O) groups is 1. The summed E-state index contributed by atoms with van der Waals surface area (Å²) in [7, 11) is 0. The van der Waals surface area contributed by atoms with Gasteiger partial charge in [-0.3, -0.25) is 4.79 Å². The van der Waals surface area contributed by atoms with Gasteiger partial charge in [0.15, 0.2) is 0 Å². The van der Waals surface area contributed by atoms with Gasteiger partial charge in [-0.1, -0.05) is 25.5 Å². The van der Waals surface area contributed by atoms with E-state index in [1.54, 1.807) is 23.1 Å². The van der Waals surface area contributed by atoms with Gasteiger partial charge in [0.25, 0.3) is 5.91 Å². The molecule has 1 aromatic rings. The van der Waals surface area contributed by atoms with Crippen molar-refractivity contribution < 1.29 is 9.90 Å². The summed E-state index contributed by atoms with van der Waals surface area (Å²) >= 11 is 0. The zero-order chi connectivity index (χ0) is 14.4. The molecule has 0 fully saturated rings. The lowest BCUT2D eigenvalue weighted by Crippen LogP contribution is -2.36. The number of nitrogens with two attached hydrogens (primary N) is 1. The molecule has 0 radical (unpaired) electrons. The highest BCUT2D eigenvalue weighted by Gasteiger charge is 2.19. The topological polar surface area (TPSA) is 66.6 Å². The first-order chi connectivity index (χ1) is 8.95. The van der Waals surface area contributed by atoms with E-state index in [0.717, 1.165) is 12.0 Å². The van der Waals surface area contributed by atoms with Crippen LogP contribution in [-0.2, 0) is 0 Å². The number of nitrogens with zero attached hydrogens (tertiary/aromatic N) is 1. The second-order valence-electron chi connectivity index (χ2n) is 5.31. The van der Waals surface area contributed by atoms with Crippen LogP contribution in [-0.4, -0.2) is 35.5 Å². The van der Waals surface area contributed by atoms with Gasteiger partial charge in [-0.2, -0.15) is 0 Å². The molecule has 4 heteroatoms. The molecule has 0 aliphatic heterocycles. The van der Waals surface area contributed by atoms with Gasteiger partial charge < -0.3 is 15.7 Å². The first-order valence-corrected chi connectivity index (χ1v) is 6.74. The van der Waals surface area contributed by atoms with Gasteiger partial charge in [-0.15, -0.1) is 0 Å². The average molecular weight is 264 g/mol. The fraction of sp³-hybridized carbons (Fsp3) is 0.533. The fourth-order valence-electron chi connectivity index (χ4n) is 1.99. The van der Waals surface area contributed by atoms with E-state index < -0.39 is 0 Å². The molecule has 3 N–H and O–H groups in total. The van der Waals surface area contributed by atoms with Crippen molar-refractivity contribution in [1.82, 2.24) is 4.90 Å². The predicted molar refractivity (Wildman–Crippen MR) is 77.3 cm³/mol. The fourth-order valence-corrected chi connectivity index (χ4v) is 1.99. The molecule has 0 saturated carbocycles. The van der Waals surface area contributed by atoms with Crippen LogP contribution in [0.5, 0.6) is 5.75 Å². The van der Waals surface area contributed by atoms with Crippen molar-refractivity contribution in [3.05, 3.63) is 29.3 Å². The molecule has 0 atom stereocenters. The molecular formula is C15H24N2O2. The van der Waals surface area contributed by atoms with Crippen LogP contribution in [0.15, 0.2) is 18.2 Å². The van der Waals surface area contributed by atoms with Crippen molar-refractivity contribution in [3.63, 3.8) is 0 Å². The van der Waals surface area contributed by atoms with E-state index in [-0.39, 0.29) is 11.7 Å². The maximum atomic E-state index is 12.5. The van der Waals surface area contributed by atoms with Crippen LogP contribution in [0.4, 0.5) is 0 Å². The molecule has 1 rings (SSSR count). The molecule has 4 nitrogen and oxygen atoms in total. The molecule has 0 heterocycles. The first-order valence-electron chi connectivity index (χ1n) is 6.74. The summed E-state index contributed by atoms with van der Waals surface area (Å²) in [5.41, 5.74) is 6.85. The summed E-state index contributed by atoms with van der Waals surface area (Å²) in [4.78, 5) is 14.3. The molecule has 0 aliphatic rings. The van der Waals surface area contributed by atoms with E-state index >= 15 is 0 Å². The summed E-state index contributed by atoms with van der Waals surface area (Å²) in [6.45, 7) is 7.90. The van der Waals surface area contributed by atoms with Crippen molar-refractivity contribution in [2.45, 2.75) is 27.2 Å². The third-order valence-electron chi connectivity index (χ3n) is 2.89. The number of aryl methyl sites for hydroxylation is 1. The summed E-state index contributed by atoms with van der Waals surface area (Å²) < 4.78 is 0. The molecule has 106 valence electrons. The number of hydrogen-bond acceptors (Lipinski definition) is 3. The lowest BCUT2D eigenvalue weighted by atomic mass is 10.1. The Morgan fingerprint density at radius 2 is 2.11 bits per heavy atom. The Balaban J connectivity index is 2.93. The Labute approximate surface area is 115 Å². The van der Waals surface area contributed by atoms with Crippen molar-refractivity contribution >= 4 is 5.91 Å². The van der Waals surface area contributed by atoms with E-state index in [1.807, 2.05) is 6.92 Å². The molecule has 1 amide bonds. The molecule has 0 spiro atoms. The van der Waals surface area contributed by atoms with Gasteiger partial charge in [-0.05, 0) is 37.9 Å². The van der Waals surface area contributed by atoms with Gasteiger partial charge in [0.05, 0.1) is 5.56 Å². The minimum Gasteiger partial charge on any atom is -0.507 e. The quantitative estimate of drug-likeness (QED) is 0.827. The van der Waals surface area contributed by atoms with Crippen LogP contribution >= 0.6 is 0 Å². The predicted octanol–water partition coefficient (Wildman–Crippen LogP) is 2.15. The highest BCUT2D eigenvalue weighted by molar-refractivity contribution is 5.97. The van der Waals surface area contributed by atoms with Crippen LogP contribution in [0.25, 0.3) is 0 Å². The Morgan fingerprint density at radius 1 is 1.42 bits per heavy atom. The number of amides is 1. The van der Waals surface area contributed by atoms with E-state index in [1.165, 1.54) is 0 Å². The Morgan fingerprint density at radius 3 is 2.68 bits per heavy atom. The third kappa shape index (κ3) is 4.56. The van der Waals surface area contributed by atoms with Crippen LogP contribution in [0.2, 0.25) is 0 Å². The zero-order valence-corrected chi connectivity index (χ0v) is 12.0. The summed E-state index contributed by atoms with van der Waals surface area (Å²) in [6, 6.07) is 5.09. The number of hydrogen-bond donors (Lipinski definition) is 2. The number of benzene rings is 1. The molecule has 0 aliphatic carbocycles. The van der Waals surface area contributed by atoms with Gasteiger partial charge in [0.1, 0.15) is 5.75 Å². The Bertz CT molecular complexity index is 430. The summed E-state index contributed by atoms with van der Waals surface area (Å²) in [5.74, 6) is 0.300. The molecule has 0 aromatic heterocycles. The van der Waals surface area contributed by atoms with E-state index in [4.69, 9.17) is 5.73 Å². The minimum atomic E-state index is -0.122. The maximum absolute atomic E-state index is 12.5. The van der Waals surface area contributed by atoms with Gasteiger partial charge >= 0.3 is 0 Å². The minimum absolute atomic E-state index is 0.0390. The first kappa shape index (κ1) is 15.5. The van der Waals surface area contributed by atoms with Gasteiger partial charge in [0.2, 0.25) is 0 Å².